The number of phenols is 8. The van der Waals surface area contributed by atoms with Gasteiger partial charge in [0.15, 0.2) is 0 Å². The van der Waals surface area contributed by atoms with Crippen LogP contribution in [0.2, 0.25) is 0 Å². The number of piperazine rings is 4. The third kappa shape index (κ3) is 11.1. The first-order valence-corrected chi connectivity index (χ1v) is 26.2. The first-order chi connectivity index (χ1) is 33.8. The monoisotopic (exact) mass is 997 g/mol. The van der Waals surface area contributed by atoms with Crippen molar-refractivity contribution in [1.29, 1.82) is 0 Å². The van der Waals surface area contributed by atoms with Crippen LogP contribution in [0.15, 0.2) is 24.3 Å². The summed E-state index contributed by atoms with van der Waals surface area (Å²) < 4.78 is 3.48. The number of phenolic OH excluding ortho intramolecular Hbond substituents is 8. The summed E-state index contributed by atoms with van der Waals surface area (Å²) >= 11 is 0. The summed E-state index contributed by atoms with van der Waals surface area (Å²) in [5, 5.41) is 98.9. The molecule has 4 aliphatic heterocycles. The molecule has 392 valence electrons. The van der Waals surface area contributed by atoms with Gasteiger partial charge in [-0.05, 0) is 68.8 Å². The minimum atomic E-state index is -0.0728. The van der Waals surface area contributed by atoms with Gasteiger partial charge in [0.1, 0.15) is 46.0 Å². The van der Waals surface area contributed by atoms with Crippen LogP contribution in [0.4, 0.5) is 0 Å². The summed E-state index contributed by atoms with van der Waals surface area (Å²) in [5.74, 6) is -0.582. The molecule has 8 bridgehead atoms. The predicted octanol–water partition coefficient (Wildman–Crippen LogP) is 3.58. The lowest BCUT2D eigenvalue weighted by atomic mass is 9.87. The molecule has 4 fully saturated rings. The van der Waals surface area contributed by atoms with Crippen molar-refractivity contribution in [1.82, 2.24) is 19.6 Å². The first-order valence-electron chi connectivity index (χ1n) is 26.2. The number of aromatic hydroxyl groups is 8. The quantitative estimate of drug-likeness (QED) is 0.107. The lowest BCUT2D eigenvalue weighted by Gasteiger charge is -2.39. The second kappa shape index (κ2) is 19.7. The van der Waals surface area contributed by atoms with Gasteiger partial charge in [-0.3, -0.25) is 19.6 Å². The van der Waals surface area contributed by atoms with Crippen LogP contribution >= 0.6 is 0 Å². The minimum absolute atomic E-state index is 0.0514. The molecule has 0 radical (unpaired) electrons. The molecule has 0 unspecified atom stereocenters. The number of rotatable bonds is 8. The fourth-order valence-corrected chi connectivity index (χ4v) is 11.6. The topological polar surface area (TPSA) is 175 Å². The number of fused-ring (bicyclic) bond motifs is 8. The first kappa shape index (κ1) is 51.8. The molecule has 4 aromatic rings. The van der Waals surface area contributed by atoms with Crippen molar-refractivity contribution in [2.45, 2.75) is 51.9 Å². The van der Waals surface area contributed by atoms with Gasteiger partial charge in [-0.1, -0.05) is 0 Å². The number of hydrogen-bond donors (Lipinski definition) is 8. The smallest absolute Gasteiger partial charge is 0.127 e. The molecule has 72 heavy (non-hydrogen) atoms. The van der Waals surface area contributed by atoms with E-state index in [1.165, 1.54) is 0 Å². The van der Waals surface area contributed by atoms with Crippen molar-refractivity contribution in [2.24, 2.45) is 0 Å². The third-order valence-corrected chi connectivity index (χ3v) is 17.3. The maximum atomic E-state index is 12.4. The number of quaternary nitrogens is 4. The zero-order valence-electron chi connectivity index (χ0n) is 44.4. The molecule has 0 amide bonds. The van der Waals surface area contributed by atoms with Crippen LogP contribution in [0.25, 0.3) is 0 Å². The van der Waals surface area contributed by atoms with E-state index in [1.807, 2.05) is 0 Å². The largest absolute Gasteiger partial charge is 0.507 e. The van der Waals surface area contributed by atoms with E-state index >= 15 is 0 Å². The fraction of sp³-hybridized carbons (Fsp3) is 0.571. The Morgan fingerprint density at radius 1 is 0.278 bits per heavy atom. The Balaban J connectivity index is 1.23. The van der Waals surface area contributed by atoms with Crippen LogP contribution in [-0.4, -0.2) is 239 Å². The van der Waals surface area contributed by atoms with Gasteiger partial charge in [0.05, 0.1) is 131 Å². The van der Waals surface area contributed by atoms with E-state index in [0.717, 1.165) is 123 Å². The van der Waals surface area contributed by atoms with Gasteiger partial charge in [-0.2, -0.15) is 0 Å². The highest BCUT2D eigenvalue weighted by Gasteiger charge is 2.34. The average molecular weight is 997 g/mol. The average Bonchev–Trinajstić information content (AvgIpc) is 3.31. The molecule has 16 nitrogen and oxygen atoms in total. The summed E-state index contributed by atoms with van der Waals surface area (Å²) in [7, 11) is 17.6. The Morgan fingerprint density at radius 2 is 0.417 bits per heavy atom. The number of hydrogen-bond acceptors (Lipinski definition) is 12. The Morgan fingerprint density at radius 3 is 0.556 bits per heavy atom. The highest BCUT2D eigenvalue weighted by molar-refractivity contribution is 5.64. The molecule has 1 aliphatic carbocycles. The van der Waals surface area contributed by atoms with Gasteiger partial charge in [0, 0.05) is 104 Å². The molecule has 0 aromatic heterocycles. The Kier molecular flexibility index (Phi) is 14.2. The van der Waals surface area contributed by atoms with Gasteiger partial charge in [-0.15, -0.1) is 0 Å². The van der Waals surface area contributed by atoms with Crippen molar-refractivity contribution in [3.05, 3.63) is 91.0 Å². The molecule has 4 saturated heterocycles. The molecule has 16 heteroatoms. The second-order valence-electron chi connectivity index (χ2n) is 24.8. The normalized spacial score (nSPS) is 21.7. The number of likely N-dealkylation sites (N-methyl/N-ethyl adjacent to an activating group) is 4. The van der Waals surface area contributed by atoms with E-state index in [2.05, 4.69) is 76.0 Å². The Hall–Kier alpha value is -5.04. The Bertz CT molecular complexity index is 2210. The van der Waals surface area contributed by atoms with Gasteiger partial charge >= 0.3 is 0 Å². The summed E-state index contributed by atoms with van der Waals surface area (Å²) in [4.78, 5) is 8.96. The molecule has 8 N–H and O–H groups in total. The van der Waals surface area contributed by atoms with Crippen molar-refractivity contribution in [3.8, 4) is 46.0 Å². The van der Waals surface area contributed by atoms with Gasteiger partial charge in [0.25, 0.3) is 0 Å². The van der Waals surface area contributed by atoms with Crippen LogP contribution in [0.3, 0.4) is 0 Å². The zero-order valence-corrected chi connectivity index (χ0v) is 44.4. The highest BCUT2D eigenvalue weighted by atomic mass is 16.3. The number of nitrogens with zero attached hydrogens (tertiary/aromatic N) is 8. The van der Waals surface area contributed by atoms with E-state index in [-0.39, 0.29) is 97.9 Å². The predicted molar refractivity (Wildman–Crippen MR) is 279 cm³/mol. The summed E-state index contributed by atoms with van der Waals surface area (Å²) in [6.07, 6.45) is 0.206. The lowest BCUT2D eigenvalue weighted by molar-refractivity contribution is -0.894. The SMILES string of the molecule is C[N+]1(C)CCN(Cc2c(O)c3cc(c2O)Cc2cc(c(O)c(CN4CC[N+](C)(C)CC4)c2O)Cc2cc(c(O)c(CN4CC[N+](C)(C)CC4)c2O)Cc2cc(c(O)c(CN4CC[N+](C)(C)CC4)c2O)C3)CC1. The summed E-state index contributed by atoms with van der Waals surface area (Å²) in [6, 6.07) is 7.04. The van der Waals surface area contributed by atoms with Crippen molar-refractivity contribution in [3.63, 3.8) is 0 Å². The van der Waals surface area contributed by atoms with Crippen LogP contribution in [0, 0.1) is 0 Å². The van der Waals surface area contributed by atoms with E-state index in [0.29, 0.717) is 66.8 Å². The molecule has 5 aliphatic rings. The second-order valence-corrected chi connectivity index (χ2v) is 24.8. The van der Waals surface area contributed by atoms with Gasteiger partial charge in [0.2, 0.25) is 0 Å². The molecule has 0 saturated carbocycles. The van der Waals surface area contributed by atoms with Crippen LogP contribution in [-0.2, 0) is 51.9 Å². The highest BCUT2D eigenvalue weighted by Crippen LogP contribution is 2.46. The van der Waals surface area contributed by atoms with Crippen LogP contribution in [0.1, 0.15) is 66.8 Å². The van der Waals surface area contributed by atoms with Gasteiger partial charge in [-0.25, -0.2) is 0 Å². The minimum Gasteiger partial charge on any atom is -0.507 e. The molecule has 4 heterocycles. The molecular weight excluding hydrogens is 913 g/mol. The number of benzene rings is 4. The third-order valence-electron chi connectivity index (χ3n) is 17.3. The van der Waals surface area contributed by atoms with Crippen molar-refractivity contribution < 1.29 is 58.8 Å². The van der Waals surface area contributed by atoms with Crippen molar-refractivity contribution in [2.75, 3.05) is 161 Å². The summed E-state index contributed by atoms with van der Waals surface area (Å²) in [6.45, 7) is 14.5. The zero-order chi connectivity index (χ0) is 51.7. The molecular formula is C56H84N8O8+4. The van der Waals surface area contributed by atoms with E-state index < -0.39 is 0 Å². The van der Waals surface area contributed by atoms with Crippen LogP contribution < -0.4 is 0 Å². The molecule has 0 spiro atoms. The standard InChI is InChI=1S/C56H80N8O8/c1-61(2)17-9-57(10-18-61)33-45-49(65)37-25-38(50(45)66)30-40-27-42(54(70)47(52(40)68)35-59-13-21-63(5,6)22-14-59)32-44-28-43(55(71)48(56(44)72)36-60-15-23-64(7,8)24-16-60)31-41-26-39(29-37)51(67)46(53(41)69)34-58-11-19-62(3,4)20-12-58/h25-28H,9-24,29-36H2,1-8H3,(H4-4,65,66,67,68,69,70,71,72)/p+4. The maximum Gasteiger partial charge on any atom is 0.127 e. The Labute approximate surface area is 427 Å². The van der Waals surface area contributed by atoms with Crippen molar-refractivity contribution >= 4 is 0 Å². The molecule has 9 rings (SSSR count). The van der Waals surface area contributed by atoms with Crippen LogP contribution in [0.5, 0.6) is 46.0 Å². The van der Waals surface area contributed by atoms with E-state index in [1.54, 1.807) is 24.3 Å². The molecule has 4 aromatic carbocycles. The lowest BCUT2D eigenvalue weighted by Crippen LogP contribution is -2.54. The molecule has 0 atom stereocenters. The van der Waals surface area contributed by atoms with E-state index in [4.69, 9.17) is 0 Å². The summed E-state index contributed by atoms with van der Waals surface area (Å²) in [5.41, 5.74) is 5.25. The maximum absolute atomic E-state index is 12.4. The van der Waals surface area contributed by atoms with Gasteiger partial charge < -0.3 is 58.8 Å². The fourth-order valence-electron chi connectivity index (χ4n) is 11.6. The van der Waals surface area contributed by atoms with E-state index in [9.17, 15) is 40.9 Å².